The number of rotatable bonds is 9. The van der Waals surface area contributed by atoms with Crippen LogP contribution in [0.2, 0.25) is 0 Å². The van der Waals surface area contributed by atoms with Crippen molar-refractivity contribution in [1.29, 1.82) is 0 Å². The number of carbonyl (C=O) groups is 1. The maximum Gasteiger partial charge on any atom is 0.283 e. The van der Waals surface area contributed by atoms with E-state index in [0.717, 1.165) is 23.3 Å². The Morgan fingerprint density at radius 2 is 2.12 bits per heavy atom. The molecule has 0 spiro atoms. The summed E-state index contributed by atoms with van der Waals surface area (Å²) in [5.74, 6) is 1.03. The van der Waals surface area contributed by atoms with Crippen molar-refractivity contribution in [2.75, 3.05) is 18.9 Å². The van der Waals surface area contributed by atoms with Gasteiger partial charge in [0, 0.05) is 0 Å². The topological polar surface area (TPSA) is 98.8 Å². The average Bonchev–Trinajstić information content (AvgIpc) is 3.02. The van der Waals surface area contributed by atoms with Crippen LogP contribution in [0.25, 0.3) is 0 Å². The second-order valence-electron chi connectivity index (χ2n) is 5.37. The van der Waals surface area contributed by atoms with E-state index in [0.29, 0.717) is 46.8 Å². The van der Waals surface area contributed by atoms with Gasteiger partial charge < -0.3 is 15.2 Å². The highest BCUT2D eigenvalue weighted by atomic mass is 32.1. The molecule has 26 heavy (non-hydrogen) atoms. The highest BCUT2D eigenvalue weighted by Crippen LogP contribution is 2.28. The lowest BCUT2D eigenvalue weighted by Gasteiger charge is -2.11. The Kier molecular flexibility index (Phi) is 7.40. The molecule has 140 valence electrons. The van der Waals surface area contributed by atoms with Crippen LogP contribution in [0.4, 0.5) is 5.13 Å². The molecule has 0 saturated heterocycles. The Balaban J connectivity index is 2.08. The van der Waals surface area contributed by atoms with E-state index in [-0.39, 0.29) is 5.91 Å². The smallest absolute Gasteiger partial charge is 0.283 e. The zero-order chi connectivity index (χ0) is 18.9. The molecule has 2 rings (SSSR count). The minimum Gasteiger partial charge on any atom is -0.490 e. The minimum atomic E-state index is -0.319. The van der Waals surface area contributed by atoms with Crippen LogP contribution in [0.15, 0.2) is 23.3 Å². The number of nitrogens with one attached hydrogen (secondary N) is 1. The van der Waals surface area contributed by atoms with Gasteiger partial charge in [-0.15, -0.1) is 0 Å². The molecule has 1 amide bonds. The number of hydrogen-bond acceptors (Lipinski definition) is 7. The number of benzene rings is 1. The van der Waals surface area contributed by atoms with Gasteiger partial charge in [0.15, 0.2) is 16.6 Å². The summed E-state index contributed by atoms with van der Waals surface area (Å²) in [4.78, 5) is 16.8. The van der Waals surface area contributed by atoms with Gasteiger partial charge in [0.25, 0.3) is 5.91 Å². The number of nitrogens with zero attached hydrogens (tertiary/aromatic N) is 2. The Morgan fingerprint density at radius 1 is 1.31 bits per heavy atom. The third-order valence-electron chi connectivity index (χ3n) is 3.36. The van der Waals surface area contributed by atoms with Crippen molar-refractivity contribution < 1.29 is 14.3 Å². The standard InChI is InChI=1S/C18H24N4O3S/c1-4-9-25-15-10-12(7-8-14(15)24-6-3)11-20-22-17(23)16-13(5-2)21-18(19)26-16/h7-8,10-11H,4-6,9H2,1-3H3,(H2,19,21)(H,22,23)/b20-11+. The summed E-state index contributed by atoms with van der Waals surface area (Å²) in [5, 5.41) is 4.39. The first kappa shape index (κ1) is 19.7. The second-order valence-corrected chi connectivity index (χ2v) is 6.40. The molecule has 8 heteroatoms. The van der Waals surface area contributed by atoms with Crippen molar-refractivity contribution in [2.45, 2.75) is 33.6 Å². The second kappa shape index (κ2) is 9.76. The van der Waals surface area contributed by atoms with Crippen molar-refractivity contribution in [1.82, 2.24) is 10.4 Å². The van der Waals surface area contributed by atoms with E-state index in [1.54, 1.807) is 6.21 Å². The highest BCUT2D eigenvalue weighted by molar-refractivity contribution is 7.17. The molecule has 1 heterocycles. The van der Waals surface area contributed by atoms with Crippen molar-refractivity contribution in [3.8, 4) is 11.5 Å². The number of ether oxygens (including phenoxy) is 2. The van der Waals surface area contributed by atoms with E-state index in [1.807, 2.05) is 39.0 Å². The normalized spacial score (nSPS) is 10.9. The number of anilines is 1. The summed E-state index contributed by atoms with van der Waals surface area (Å²) >= 11 is 1.16. The Labute approximate surface area is 157 Å². The molecular formula is C18H24N4O3S. The molecule has 0 aliphatic carbocycles. The molecule has 0 atom stereocenters. The first-order valence-electron chi connectivity index (χ1n) is 8.57. The summed E-state index contributed by atoms with van der Waals surface area (Å²) < 4.78 is 11.3. The average molecular weight is 376 g/mol. The fourth-order valence-electron chi connectivity index (χ4n) is 2.21. The molecule has 2 aromatic rings. The summed E-state index contributed by atoms with van der Waals surface area (Å²) in [6, 6.07) is 5.51. The van der Waals surface area contributed by atoms with Gasteiger partial charge in [-0.1, -0.05) is 25.2 Å². The number of carbonyl (C=O) groups excluding carboxylic acids is 1. The van der Waals surface area contributed by atoms with Crippen LogP contribution in [-0.4, -0.2) is 30.3 Å². The molecule has 0 saturated carbocycles. The molecule has 1 aromatic heterocycles. The first-order valence-corrected chi connectivity index (χ1v) is 9.38. The molecule has 0 aliphatic heterocycles. The van der Waals surface area contributed by atoms with Crippen LogP contribution < -0.4 is 20.6 Å². The van der Waals surface area contributed by atoms with Gasteiger partial charge >= 0.3 is 0 Å². The lowest BCUT2D eigenvalue weighted by molar-refractivity contribution is 0.0958. The number of nitrogens with two attached hydrogens (primary N) is 1. The van der Waals surface area contributed by atoms with Crippen LogP contribution in [-0.2, 0) is 6.42 Å². The fraction of sp³-hybridized carbons (Fsp3) is 0.389. The quantitative estimate of drug-likeness (QED) is 0.517. The number of aromatic nitrogens is 1. The van der Waals surface area contributed by atoms with Gasteiger partial charge in [-0.3, -0.25) is 4.79 Å². The molecule has 7 nitrogen and oxygen atoms in total. The van der Waals surface area contributed by atoms with E-state index in [4.69, 9.17) is 15.2 Å². The summed E-state index contributed by atoms with van der Waals surface area (Å²) in [7, 11) is 0. The molecule has 1 aromatic carbocycles. The first-order chi connectivity index (χ1) is 12.6. The predicted molar refractivity (Wildman–Crippen MR) is 104 cm³/mol. The van der Waals surface area contributed by atoms with E-state index >= 15 is 0 Å². The van der Waals surface area contributed by atoms with Crippen LogP contribution in [0.1, 0.15) is 48.1 Å². The zero-order valence-corrected chi connectivity index (χ0v) is 16.1. The van der Waals surface area contributed by atoms with E-state index < -0.39 is 0 Å². The van der Waals surface area contributed by atoms with Gasteiger partial charge in [0.2, 0.25) is 0 Å². The monoisotopic (exact) mass is 376 g/mol. The third-order valence-corrected chi connectivity index (χ3v) is 4.29. The van der Waals surface area contributed by atoms with Crippen molar-refractivity contribution >= 4 is 28.6 Å². The van der Waals surface area contributed by atoms with Gasteiger partial charge in [-0.25, -0.2) is 10.4 Å². The molecular weight excluding hydrogens is 352 g/mol. The predicted octanol–water partition coefficient (Wildman–Crippen LogP) is 3.24. The van der Waals surface area contributed by atoms with Crippen LogP contribution in [0.5, 0.6) is 11.5 Å². The number of aryl methyl sites for hydroxylation is 1. The lowest BCUT2D eigenvalue weighted by Crippen LogP contribution is -2.17. The van der Waals surface area contributed by atoms with E-state index in [9.17, 15) is 4.79 Å². The molecule has 0 fully saturated rings. The van der Waals surface area contributed by atoms with Gasteiger partial charge in [-0.05, 0) is 43.5 Å². The van der Waals surface area contributed by atoms with Crippen molar-refractivity contribution in [3.63, 3.8) is 0 Å². The largest absolute Gasteiger partial charge is 0.490 e. The SMILES string of the molecule is CCCOc1cc(/C=N/NC(=O)c2sc(N)nc2CC)ccc1OCC. The Morgan fingerprint density at radius 3 is 2.81 bits per heavy atom. The van der Waals surface area contributed by atoms with Crippen LogP contribution >= 0.6 is 11.3 Å². The zero-order valence-electron chi connectivity index (χ0n) is 15.2. The lowest BCUT2D eigenvalue weighted by atomic mass is 10.2. The van der Waals surface area contributed by atoms with Crippen molar-refractivity contribution in [2.24, 2.45) is 5.10 Å². The number of hydrazone groups is 1. The highest BCUT2D eigenvalue weighted by Gasteiger charge is 2.15. The maximum absolute atomic E-state index is 12.2. The molecule has 0 bridgehead atoms. The number of thiazole rings is 1. The number of amides is 1. The van der Waals surface area contributed by atoms with E-state index in [1.165, 1.54) is 0 Å². The molecule has 3 N–H and O–H groups in total. The van der Waals surface area contributed by atoms with Gasteiger partial charge in [0.05, 0.1) is 25.1 Å². The third kappa shape index (κ3) is 5.19. The number of hydrogen-bond donors (Lipinski definition) is 2. The Hall–Kier alpha value is -2.61. The summed E-state index contributed by atoms with van der Waals surface area (Å²) in [6.45, 7) is 7.04. The van der Waals surface area contributed by atoms with E-state index in [2.05, 4.69) is 15.5 Å². The van der Waals surface area contributed by atoms with Crippen molar-refractivity contribution in [3.05, 3.63) is 34.3 Å². The molecule has 0 radical (unpaired) electrons. The molecule has 0 unspecified atom stereocenters. The summed E-state index contributed by atoms with van der Waals surface area (Å²) in [5.41, 5.74) is 9.65. The molecule has 0 aliphatic rings. The fourth-order valence-corrected chi connectivity index (χ4v) is 3.02. The number of nitrogen functional groups attached to an aromatic ring is 1. The van der Waals surface area contributed by atoms with Gasteiger partial charge in [-0.2, -0.15) is 5.10 Å². The summed E-state index contributed by atoms with van der Waals surface area (Å²) in [6.07, 6.45) is 3.09. The Bertz CT molecular complexity index is 774. The van der Waals surface area contributed by atoms with Crippen LogP contribution in [0.3, 0.4) is 0 Å². The van der Waals surface area contributed by atoms with Gasteiger partial charge in [0.1, 0.15) is 4.88 Å². The van der Waals surface area contributed by atoms with Crippen LogP contribution in [0, 0.1) is 0 Å². The minimum absolute atomic E-state index is 0.319. The maximum atomic E-state index is 12.2.